The van der Waals surface area contributed by atoms with Crippen molar-refractivity contribution >= 4 is 11.9 Å². The summed E-state index contributed by atoms with van der Waals surface area (Å²) in [5, 5.41) is 16.2. The Labute approximate surface area is 139 Å². The minimum absolute atomic E-state index is 0.206. The Hall–Kier alpha value is -2.83. The zero-order chi connectivity index (χ0) is 17.3. The lowest BCUT2D eigenvalue weighted by Gasteiger charge is -2.19. The van der Waals surface area contributed by atoms with Gasteiger partial charge in [0.2, 0.25) is 0 Å². The van der Waals surface area contributed by atoms with E-state index in [1.54, 1.807) is 25.0 Å². The highest BCUT2D eigenvalue weighted by Crippen LogP contribution is 2.31. The number of nitrogens with zero attached hydrogens (tertiary/aromatic N) is 2. The van der Waals surface area contributed by atoms with Gasteiger partial charge in [0.1, 0.15) is 11.4 Å². The molecule has 2 aromatic rings. The Morgan fingerprint density at radius 2 is 2.04 bits per heavy atom. The Morgan fingerprint density at radius 1 is 1.33 bits per heavy atom. The maximum absolute atomic E-state index is 12.5. The number of aromatic amines is 1. The van der Waals surface area contributed by atoms with Crippen LogP contribution in [0.15, 0.2) is 30.3 Å². The molecule has 7 heteroatoms. The van der Waals surface area contributed by atoms with Crippen LogP contribution >= 0.6 is 0 Å². The summed E-state index contributed by atoms with van der Waals surface area (Å²) in [4.78, 5) is 25.4. The molecule has 0 radical (unpaired) electrons. The van der Waals surface area contributed by atoms with Gasteiger partial charge in [0.05, 0.1) is 18.2 Å². The third kappa shape index (κ3) is 2.84. The molecule has 2 N–H and O–H groups in total. The van der Waals surface area contributed by atoms with Crippen molar-refractivity contribution in [1.82, 2.24) is 15.1 Å². The van der Waals surface area contributed by atoms with Gasteiger partial charge in [0.25, 0.3) is 5.91 Å². The smallest absolute Gasteiger partial charge is 0.311 e. The number of hydrogen-bond donors (Lipinski definition) is 2. The second kappa shape index (κ2) is 5.99. The number of carboxylic acid groups (broad SMARTS) is 1. The molecular formula is C17H19N3O4. The van der Waals surface area contributed by atoms with Gasteiger partial charge in [0, 0.05) is 18.7 Å². The van der Waals surface area contributed by atoms with Gasteiger partial charge >= 0.3 is 5.97 Å². The van der Waals surface area contributed by atoms with Crippen molar-refractivity contribution in [3.8, 4) is 17.0 Å². The first-order valence-electron chi connectivity index (χ1n) is 7.65. The van der Waals surface area contributed by atoms with Crippen molar-refractivity contribution in [2.45, 2.75) is 13.3 Å². The van der Waals surface area contributed by atoms with Crippen LogP contribution in [0, 0.1) is 5.41 Å². The summed E-state index contributed by atoms with van der Waals surface area (Å²) in [5.41, 5.74) is 0.994. The summed E-state index contributed by atoms with van der Waals surface area (Å²) in [6.07, 6.45) is 0.452. The van der Waals surface area contributed by atoms with E-state index in [0.717, 1.165) is 11.3 Å². The number of rotatable bonds is 4. The number of amides is 1. The summed E-state index contributed by atoms with van der Waals surface area (Å²) in [6.45, 7) is 2.30. The molecule has 1 amide bonds. The fourth-order valence-electron chi connectivity index (χ4n) is 2.82. The van der Waals surface area contributed by atoms with E-state index in [1.165, 1.54) is 0 Å². The molecule has 1 aromatic heterocycles. The fourth-order valence-corrected chi connectivity index (χ4v) is 2.82. The molecule has 2 heterocycles. The van der Waals surface area contributed by atoms with E-state index >= 15 is 0 Å². The average molecular weight is 329 g/mol. The molecule has 1 fully saturated rings. The third-order valence-electron chi connectivity index (χ3n) is 4.47. The average Bonchev–Trinajstić information content (AvgIpc) is 3.22. The Bertz CT molecular complexity index is 768. The lowest BCUT2D eigenvalue weighted by molar-refractivity contribution is -0.147. The highest BCUT2D eigenvalue weighted by Gasteiger charge is 2.42. The second-order valence-corrected chi connectivity index (χ2v) is 6.24. The summed E-state index contributed by atoms with van der Waals surface area (Å²) < 4.78 is 5.12. The number of nitrogens with one attached hydrogen (secondary N) is 1. The second-order valence-electron chi connectivity index (χ2n) is 6.24. The van der Waals surface area contributed by atoms with Crippen LogP contribution in [0.5, 0.6) is 5.75 Å². The predicted molar refractivity (Wildman–Crippen MR) is 86.8 cm³/mol. The molecule has 0 spiro atoms. The summed E-state index contributed by atoms with van der Waals surface area (Å²) in [6, 6.07) is 9.05. The van der Waals surface area contributed by atoms with E-state index in [1.807, 2.05) is 24.3 Å². The van der Waals surface area contributed by atoms with Gasteiger partial charge in [-0.05, 0) is 43.7 Å². The number of carboxylic acids is 1. The molecule has 3 rings (SSSR count). The molecule has 1 aliphatic rings. The Morgan fingerprint density at radius 3 is 2.62 bits per heavy atom. The van der Waals surface area contributed by atoms with E-state index < -0.39 is 11.4 Å². The van der Waals surface area contributed by atoms with Crippen molar-refractivity contribution < 1.29 is 19.4 Å². The fraction of sp³-hybridized carbons (Fsp3) is 0.353. The highest BCUT2D eigenvalue weighted by atomic mass is 16.5. The van der Waals surface area contributed by atoms with Crippen LogP contribution in [0.1, 0.15) is 23.8 Å². The van der Waals surface area contributed by atoms with Gasteiger partial charge in [-0.25, -0.2) is 0 Å². The van der Waals surface area contributed by atoms with Crippen LogP contribution in [-0.2, 0) is 4.79 Å². The van der Waals surface area contributed by atoms with E-state index in [-0.39, 0.29) is 12.5 Å². The largest absolute Gasteiger partial charge is 0.497 e. The quantitative estimate of drug-likeness (QED) is 0.895. The summed E-state index contributed by atoms with van der Waals surface area (Å²) in [5.74, 6) is -0.357. The van der Waals surface area contributed by atoms with Crippen LogP contribution in [0.2, 0.25) is 0 Å². The van der Waals surface area contributed by atoms with Crippen LogP contribution in [0.25, 0.3) is 11.3 Å². The standard InChI is InChI=1S/C17H19N3O4/c1-17(16(22)23)7-8-20(10-17)15(21)14-9-13(18-19-14)11-3-5-12(24-2)6-4-11/h3-6,9H,7-8,10H2,1-2H3,(H,18,19)(H,22,23)/t17-/m0/s1. The van der Waals surface area contributed by atoms with Gasteiger partial charge in [-0.15, -0.1) is 0 Å². The first kappa shape index (κ1) is 16.0. The molecule has 1 saturated heterocycles. The third-order valence-corrected chi connectivity index (χ3v) is 4.47. The normalized spacial score (nSPS) is 20.2. The SMILES string of the molecule is COc1ccc(-c2cc(C(=O)N3CC[C@](C)(C(=O)O)C3)[nH]n2)cc1. The minimum atomic E-state index is -0.880. The molecule has 1 aliphatic heterocycles. The van der Waals surface area contributed by atoms with Crippen molar-refractivity contribution in [2.75, 3.05) is 20.2 Å². The number of ether oxygens (including phenoxy) is 1. The Balaban J connectivity index is 1.75. The molecular weight excluding hydrogens is 310 g/mol. The number of carbonyl (C=O) groups is 2. The van der Waals surface area contributed by atoms with Gasteiger partial charge in [-0.2, -0.15) is 5.10 Å². The topological polar surface area (TPSA) is 95.5 Å². The number of aromatic nitrogens is 2. The zero-order valence-electron chi connectivity index (χ0n) is 13.6. The van der Waals surface area contributed by atoms with E-state index in [2.05, 4.69) is 10.2 Å². The van der Waals surface area contributed by atoms with E-state index in [4.69, 9.17) is 4.74 Å². The van der Waals surface area contributed by atoms with Gasteiger partial charge in [-0.1, -0.05) is 0 Å². The number of aliphatic carboxylic acids is 1. The van der Waals surface area contributed by atoms with Crippen LogP contribution in [-0.4, -0.2) is 52.3 Å². The lowest BCUT2D eigenvalue weighted by atomic mass is 9.90. The van der Waals surface area contributed by atoms with E-state index in [0.29, 0.717) is 24.4 Å². The molecule has 0 aliphatic carbocycles. The molecule has 1 aromatic carbocycles. The summed E-state index contributed by atoms with van der Waals surface area (Å²) >= 11 is 0. The van der Waals surface area contributed by atoms with Crippen LogP contribution < -0.4 is 4.74 Å². The van der Waals surface area contributed by atoms with Crippen molar-refractivity contribution in [2.24, 2.45) is 5.41 Å². The van der Waals surface area contributed by atoms with Crippen LogP contribution in [0.4, 0.5) is 0 Å². The zero-order valence-corrected chi connectivity index (χ0v) is 13.6. The maximum atomic E-state index is 12.5. The van der Waals surface area contributed by atoms with Crippen molar-refractivity contribution in [3.63, 3.8) is 0 Å². The molecule has 1 atom stereocenters. The van der Waals surface area contributed by atoms with Crippen molar-refractivity contribution in [1.29, 1.82) is 0 Å². The maximum Gasteiger partial charge on any atom is 0.311 e. The number of hydrogen-bond acceptors (Lipinski definition) is 4. The number of methoxy groups -OCH3 is 1. The van der Waals surface area contributed by atoms with Gasteiger partial charge in [-0.3, -0.25) is 14.7 Å². The molecule has 0 bridgehead atoms. The number of benzene rings is 1. The molecule has 7 nitrogen and oxygen atoms in total. The minimum Gasteiger partial charge on any atom is -0.497 e. The molecule has 126 valence electrons. The first-order chi connectivity index (χ1) is 11.4. The monoisotopic (exact) mass is 329 g/mol. The number of carbonyl (C=O) groups excluding carboxylic acids is 1. The highest BCUT2D eigenvalue weighted by molar-refractivity contribution is 5.94. The number of likely N-dealkylation sites (tertiary alicyclic amines) is 1. The van der Waals surface area contributed by atoms with Gasteiger partial charge in [0.15, 0.2) is 0 Å². The summed E-state index contributed by atoms with van der Waals surface area (Å²) in [7, 11) is 1.60. The molecule has 0 unspecified atom stereocenters. The first-order valence-corrected chi connectivity index (χ1v) is 7.65. The lowest BCUT2D eigenvalue weighted by Crippen LogP contribution is -2.35. The molecule has 0 saturated carbocycles. The van der Waals surface area contributed by atoms with Crippen LogP contribution in [0.3, 0.4) is 0 Å². The van der Waals surface area contributed by atoms with E-state index in [9.17, 15) is 14.7 Å². The Kier molecular flexibility index (Phi) is 4.01. The van der Waals surface area contributed by atoms with Crippen molar-refractivity contribution in [3.05, 3.63) is 36.0 Å². The predicted octanol–water partition coefficient (Wildman–Crippen LogP) is 2.02. The molecule has 24 heavy (non-hydrogen) atoms. The van der Waals surface area contributed by atoms with Gasteiger partial charge < -0.3 is 14.7 Å². The number of H-pyrrole nitrogens is 1.